The van der Waals surface area contributed by atoms with Crippen LogP contribution in [0.25, 0.3) is 16.0 Å². The van der Waals surface area contributed by atoms with Crippen molar-refractivity contribution >= 4 is 17.1 Å². The van der Waals surface area contributed by atoms with Gasteiger partial charge in [0.1, 0.15) is 0 Å². The summed E-state index contributed by atoms with van der Waals surface area (Å²) in [4.78, 5) is 0. The van der Waals surface area contributed by atoms with Crippen molar-refractivity contribution in [2.75, 3.05) is 7.05 Å². The molecule has 0 heterocycles. The van der Waals surface area contributed by atoms with Gasteiger partial charge in [0.15, 0.2) is 0 Å². The zero-order valence-electron chi connectivity index (χ0n) is 28.4. The maximum atomic E-state index is 5.46. The predicted octanol–water partition coefficient (Wildman–Crippen LogP) is 13.0. The monoisotopic (exact) mass is 633 g/mol. The molecule has 4 rings (SSSR count). The van der Waals surface area contributed by atoms with Crippen molar-refractivity contribution in [3.05, 3.63) is 148 Å². The summed E-state index contributed by atoms with van der Waals surface area (Å²) in [7, 11) is 1.86. The summed E-state index contributed by atoms with van der Waals surface area (Å²) in [6.07, 6.45) is 0.462. The van der Waals surface area contributed by atoms with Crippen LogP contribution in [0, 0.1) is 13.5 Å². The molecule has 241 valence electrons. The Bertz CT molecular complexity index is 1220. The fourth-order valence-electron chi connectivity index (χ4n) is 5.18. The molecule has 0 amide bonds. The van der Waals surface area contributed by atoms with Gasteiger partial charge >= 0.3 is 0 Å². The molecule has 0 saturated heterocycles. The van der Waals surface area contributed by atoms with E-state index in [1.807, 2.05) is 43.4 Å². The van der Waals surface area contributed by atoms with Crippen LogP contribution >= 0.6 is 0 Å². The van der Waals surface area contributed by atoms with E-state index in [9.17, 15) is 0 Å². The summed E-state index contributed by atoms with van der Waals surface area (Å²) in [5.41, 5.74) is 9.55. The maximum absolute atomic E-state index is 5.46. The molecule has 0 aliphatic heterocycles. The van der Waals surface area contributed by atoms with Gasteiger partial charge in [-0.3, -0.25) is 0 Å². The zero-order chi connectivity index (χ0) is 30.6. The summed E-state index contributed by atoms with van der Waals surface area (Å²) in [6, 6.07) is 34.1. The first-order chi connectivity index (χ1) is 20.1. The van der Waals surface area contributed by atoms with Crippen molar-refractivity contribution in [2.45, 2.75) is 91.6 Å². The van der Waals surface area contributed by atoms with Gasteiger partial charge in [0.05, 0.1) is 0 Å². The number of para-hydroxylation sites is 3. The second-order valence-corrected chi connectivity index (χ2v) is 12.1. The van der Waals surface area contributed by atoms with Gasteiger partial charge in [-0.2, -0.15) is 36.4 Å². The third-order valence-corrected chi connectivity index (χ3v) is 7.48. The minimum absolute atomic E-state index is 0. The van der Waals surface area contributed by atoms with Gasteiger partial charge in [-0.25, -0.2) is 6.17 Å². The van der Waals surface area contributed by atoms with Crippen molar-refractivity contribution in [2.24, 2.45) is 0 Å². The minimum Gasteiger partial charge on any atom is -0.696 e. The zero-order valence-corrected chi connectivity index (χ0v) is 29.5. The fourth-order valence-corrected chi connectivity index (χ4v) is 5.18. The molecule has 3 nitrogen and oxygen atoms in total. The molecule has 4 aromatic carbocycles. The second kappa shape index (κ2) is 19.2. The van der Waals surface area contributed by atoms with E-state index in [1.165, 1.54) is 27.8 Å². The van der Waals surface area contributed by atoms with Crippen LogP contribution in [0.1, 0.15) is 107 Å². The third-order valence-electron chi connectivity index (χ3n) is 7.48. The van der Waals surface area contributed by atoms with E-state index in [4.69, 9.17) is 10.6 Å². The van der Waals surface area contributed by atoms with E-state index in [-0.39, 0.29) is 30.4 Å². The van der Waals surface area contributed by atoms with Gasteiger partial charge in [0, 0.05) is 16.8 Å². The molecule has 0 atom stereocenters. The van der Waals surface area contributed by atoms with Gasteiger partial charge in [-0.1, -0.05) is 150 Å². The first-order valence-corrected chi connectivity index (χ1v) is 15.4. The molecule has 0 saturated carbocycles. The quantitative estimate of drug-likeness (QED) is 0.148. The number of hydrogen-bond acceptors (Lipinski definition) is 0. The summed E-state index contributed by atoms with van der Waals surface area (Å²) in [5.74, 6) is 1.54. The fraction of sp³-hybridized carbons (Fsp3) is 0.375. The first kappa shape index (κ1) is 38.8. The van der Waals surface area contributed by atoms with E-state index < -0.39 is 0 Å². The molecule has 0 N–H and O–H groups in total. The van der Waals surface area contributed by atoms with E-state index in [2.05, 4.69) is 121 Å². The summed E-state index contributed by atoms with van der Waals surface area (Å²) < 4.78 is 0. The Morgan fingerprint density at radius 2 is 0.955 bits per heavy atom. The van der Waals surface area contributed by atoms with Gasteiger partial charge in [0.25, 0.3) is 0 Å². The molecular formula is C40H52CoN3-5. The Morgan fingerprint density at radius 3 is 1.27 bits per heavy atom. The van der Waals surface area contributed by atoms with Crippen LogP contribution in [0.2, 0.25) is 0 Å². The van der Waals surface area contributed by atoms with Crippen molar-refractivity contribution in [1.29, 1.82) is 0 Å². The molecule has 0 bridgehead atoms. The maximum Gasteiger partial charge on any atom is 0 e. The van der Waals surface area contributed by atoms with E-state index >= 15 is 0 Å². The van der Waals surface area contributed by atoms with Crippen LogP contribution in [0.5, 0.6) is 0 Å². The smallest absolute Gasteiger partial charge is 0 e. The molecule has 44 heavy (non-hydrogen) atoms. The third kappa shape index (κ3) is 10.7. The average Bonchev–Trinajstić information content (AvgIpc) is 2.98. The Morgan fingerprint density at radius 1 is 0.545 bits per heavy atom. The van der Waals surface area contributed by atoms with Gasteiger partial charge in [-0.15, -0.1) is 24.1 Å². The molecule has 1 radical (unpaired) electrons. The Balaban J connectivity index is 0.00000108. The summed E-state index contributed by atoms with van der Waals surface area (Å²) >= 11 is 0. The molecule has 4 heteroatoms. The van der Waals surface area contributed by atoms with E-state index in [1.54, 1.807) is 0 Å². The minimum atomic E-state index is -0.248. The normalized spacial score (nSPS) is 10.7. The standard InChI is InChI=1S/C33H44N3.C6H5.CH3.Co/c1-21(2)26-15-12-16-27(22(3)4)32(26)35-31(20-25-14-10-11-19-30(25)34-9)36-33-28(23(5)6)17-13-18-29(33)24(7)8;1-2-4-6-5-3-1;;/h10-19,21-24,31H,20H2,1-9H3;1-5H;1H3;/q-3;2*-1;. The number of hydrogen-bond donors (Lipinski definition) is 0. The van der Waals surface area contributed by atoms with Crippen LogP contribution in [0.4, 0.5) is 17.1 Å². The van der Waals surface area contributed by atoms with Crippen molar-refractivity contribution < 1.29 is 16.8 Å². The van der Waals surface area contributed by atoms with Gasteiger partial charge in [0.2, 0.25) is 0 Å². The SMILES string of the molecule is C[N-]c1ccccc1CC([N-]c1c(C(C)C)cccc1C(C)C)[N-]c1c(C(C)C)cccc1C(C)C.[CH3-].[Co].[c-]1ccccc1. The molecule has 0 aromatic heterocycles. The van der Waals surface area contributed by atoms with Crippen molar-refractivity contribution in [3.8, 4) is 0 Å². The predicted molar refractivity (Wildman–Crippen MR) is 190 cm³/mol. The molecule has 0 aliphatic carbocycles. The van der Waals surface area contributed by atoms with Crippen LogP contribution in [-0.2, 0) is 23.2 Å². The van der Waals surface area contributed by atoms with Crippen LogP contribution in [0.3, 0.4) is 0 Å². The van der Waals surface area contributed by atoms with Gasteiger partial charge in [-0.05, 0) is 23.7 Å². The first-order valence-electron chi connectivity index (χ1n) is 15.4. The van der Waals surface area contributed by atoms with Gasteiger partial charge < -0.3 is 23.4 Å². The van der Waals surface area contributed by atoms with Crippen molar-refractivity contribution in [1.82, 2.24) is 0 Å². The molecule has 4 aromatic rings. The van der Waals surface area contributed by atoms with Crippen LogP contribution in [0.15, 0.2) is 91.0 Å². The summed E-state index contributed by atoms with van der Waals surface area (Å²) in [5, 5.41) is 15.5. The largest absolute Gasteiger partial charge is 0.696 e. The molecule has 0 fully saturated rings. The average molecular weight is 634 g/mol. The molecule has 0 aliphatic rings. The van der Waals surface area contributed by atoms with E-state index in [0.29, 0.717) is 30.1 Å². The topological polar surface area (TPSA) is 42.3 Å². The second-order valence-electron chi connectivity index (χ2n) is 12.1. The van der Waals surface area contributed by atoms with Crippen LogP contribution in [-0.4, -0.2) is 13.2 Å². The molecule has 0 spiro atoms. The summed E-state index contributed by atoms with van der Waals surface area (Å²) in [6.45, 7) is 18.0. The molecular weight excluding hydrogens is 581 g/mol. The van der Waals surface area contributed by atoms with Crippen LogP contribution < -0.4 is 0 Å². The molecule has 0 unspecified atom stereocenters. The number of benzene rings is 4. The Kier molecular flexibility index (Phi) is 17.0. The Hall–Kier alpha value is -3.21. The van der Waals surface area contributed by atoms with E-state index in [0.717, 1.165) is 17.1 Å². The number of nitrogens with zero attached hydrogens (tertiary/aromatic N) is 3. The number of rotatable bonds is 11. The van der Waals surface area contributed by atoms with Crippen molar-refractivity contribution in [3.63, 3.8) is 0 Å². The Labute approximate surface area is 279 Å².